The molecule has 0 aromatic carbocycles. The van der Waals surface area contributed by atoms with E-state index in [2.05, 4.69) is 17.5 Å². The summed E-state index contributed by atoms with van der Waals surface area (Å²) in [6, 6.07) is 0.830. The predicted octanol–water partition coefficient (Wildman–Crippen LogP) is 1.70. The van der Waals surface area contributed by atoms with Crippen molar-refractivity contribution in [1.82, 2.24) is 5.32 Å². The molecule has 0 amide bonds. The standard InChI is InChI=1S/C9H15N/c1-2-4-8-5-6-9(8)10-7-3-1/h2,4,8-10H,1,3,5-7H2/b4-2-. The fourth-order valence-corrected chi connectivity index (χ4v) is 1.79. The SMILES string of the molecule is C1=C\C2CCC2NCCC/1. The first-order chi connectivity index (χ1) is 4.97. The third kappa shape index (κ3) is 1.10. The van der Waals surface area contributed by atoms with Gasteiger partial charge in [-0.2, -0.15) is 0 Å². The molecular weight excluding hydrogens is 122 g/mol. The monoisotopic (exact) mass is 137 g/mol. The van der Waals surface area contributed by atoms with Gasteiger partial charge < -0.3 is 5.32 Å². The molecule has 2 rings (SSSR count). The average Bonchev–Trinajstić information content (AvgIpc) is 1.89. The van der Waals surface area contributed by atoms with Crippen molar-refractivity contribution in [1.29, 1.82) is 0 Å². The number of hydrogen-bond acceptors (Lipinski definition) is 1. The first-order valence-electron chi connectivity index (χ1n) is 4.37. The number of hydrogen-bond donors (Lipinski definition) is 1. The second-order valence-electron chi connectivity index (χ2n) is 3.37. The van der Waals surface area contributed by atoms with E-state index in [1.165, 1.54) is 32.2 Å². The van der Waals surface area contributed by atoms with Crippen LogP contribution in [-0.2, 0) is 0 Å². The van der Waals surface area contributed by atoms with E-state index in [0.29, 0.717) is 0 Å². The van der Waals surface area contributed by atoms with E-state index >= 15 is 0 Å². The Bertz CT molecular complexity index is 140. The van der Waals surface area contributed by atoms with Crippen LogP contribution in [-0.4, -0.2) is 12.6 Å². The van der Waals surface area contributed by atoms with Crippen LogP contribution in [0.4, 0.5) is 0 Å². The maximum atomic E-state index is 3.57. The molecule has 1 N–H and O–H groups in total. The smallest absolute Gasteiger partial charge is 0.0130 e. The summed E-state index contributed by atoms with van der Waals surface area (Å²) in [5.41, 5.74) is 0. The zero-order valence-corrected chi connectivity index (χ0v) is 6.34. The van der Waals surface area contributed by atoms with Crippen molar-refractivity contribution < 1.29 is 0 Å². The highest BCUT2D eigenvalue weighted by Crippen LogP contribution is 2.29. The normalized spacial score (nSPS) is 42.4. The van der Waals surface area contributed by atoms with Crippen molar-refractivity contribution in [2.75, 3.05) is 6.54 Å². The molecule has 0 bridgehead atoms. The molecule has 1 nitrogen and oxygen atoms in total. The van der Waals surface area contributed by atoms with Gasteiger partial charge in [-0.05, 0) is 38.1 Å². The van der Waals surface area contributed by atoms with Gasteiger partial charge in [-0.15, -0.1) is 0 Å². The summed E-state index contributed by atoms with van der Waals surface area (Å²) in [5.74, 6) is 0.875. The van der Waals surface area contributed by atoms with E-state index in [0.717, 1.165) is 12.0 Å². The van der Waals surface area contributed by atoms with E-state index in [1.807, 2.05) is 0 Å². The molecule has 56 valence electrons. The molecule has 2 atom stereocenters. The summed E-state index contributed by atoms with van der Waals surface area (Å²) in [6.07, 6.45) is 10.2. The van der Waals surface area contributed by atoms with Gasteiger partial charge in [0, 0.05) is 6.04 Å². The highest BCUT2D eigenvalue weighted by atomic mass is 14.9. The van der Waals surface area contributed by atoms with Gasteiger partial charge >= 0.3 is 0 Å². The Labute approximate surface area is 62.5 Å². The highest BCUT2D eigenvalue weighted by Gasteiger charge is 2.27. The van der Waals surface area contributed by atoms with E-state index in [1.54, 1.807) is 0 Å². The van der Waals surface area contributed by atoms with Gasteiger partial charge in [-0.25, -0.2) is 0 Å². The van der Waals surface area contributed by atoms with Crippen molar-refractivity contribution in [3.63, 3.8) is 0 Å². The second-order valence-corrected chi connectivity index (χ2v) is 3.37. The van der Waals surface area contributed by atoms with Crippen molar-refractivity contribution in [2.24, 2.45) is 5.92 Å². The van der Waals surface area contributed by atoms with Crippen LogP contribution < -0.4 is 5.32 Å². The van der Waals surface area contributed by atoms with E-state index in [9.17, 15) is 0 Å². The minimum Gasteiger partial charge on any atom is -0.313 e. The third-order valence-electron chi connectivity index (χ3n) is 2.67. The molecule has 1 aliphatic heterocycles. The van der Waals surface area contributed by atoms with Crippen molar-refractivity contribution in [3.05, 3.63) is 12.2 Å². The number of fused-ring (bicyclic) bond motifs is 1. The minimum atomic E-state index is 0.830. The van der Waals surface area contributed by atoms with Crippen LogP contribution in [0, 0.1) is 5.92 Å². The molecule has 10 heavy (non-hydrogen) atoms. The molecule has 1 fully saturated rings. The number of nitrogens with one attached hydrogen (secondary N) is 1. The van der Waals surface area contributed by atoms with E-state index < -0.39 is 0 Å². The lowest BCUT2D eigenvalue weighted by Crippen LogP contribution is -2.43. The lowest BCUT2D eigenvalue weighted by atomic mass is 9.78. The Morgan fingerprint density at radius 3 is 3.10 bits per heavy atom. The molecule has 1 saturated carbocycles. The predicted molar refractivity (Wildman–Crippen MR) is 42.9 cm³/mol. The number of rotatable bonds is 0. The first-order valence-corrected chi connectivity index (χ1v) is 4.37. The Hall–Kier alpha value is -0.300. The highest BCUT2D eigenvalue weighted by molar-refractivity contribution is 5.02. The van der Waals surface area contributed by atoms with Gasteiger partial charge in [-0.3, -0.25) is 0 Å². The molecule has 2 unspecified atom stereocenters. The van der Waals surface area contributed by atoms with Gasteiger partial charge in [-0.1, -0.05) is 12.2 Å². The molecule has 2 aliphatic rings. The van der Waals surface area contributed by atoms with Crippen LogP contribution in [0.25, 0.3) is 0 Å². The molecular formula is C9H15N. The second kappa shape index (κ2) is 2.75. The van der Waals surface area contributed by atoms with E-state index in [4.69, 9.17) is 0 Å². The fourth-order valence-electron chi connectivity index (χ4n) is 1.79. The summed E-state index contributed by atoms with van der Waals surface area (Å²) in [4.78, 5) is 0. The van der Waals surface area contributed by atoms with Gasteiger partial charge in [0.05, 0.1) is 0 Å². The minimum absolute atomic E-state index is 0.830. The molecule has 1 heterocycles. The summed E-state index contributed by atoms with van der Waals surface area (Å²) in [6.45, 7) is 1.23. The van der Waals surface area contributed by atoms with E-state index in [-0.39, 0.29) is 0 Å². The molecule has 1 aliphatic carbocycles. The Morgan fingerprint density at radius 1 is 1.30 bits per heavy atom. The lowest BCUT2D eigenvalue weighted by Gasteiger charge is -2.36. The van der Waals surface area contributed by atoms with Crippen LogP contribution in [0.15, 0.2) is 12.2 Å². The largest absolute Gasteiger partial charge is 0.313 e. The summed E-state index contributed by atoms with van der Waals surface area (Å²) in [5, 5.41) is 3.57. The lowest BCUT2D eigenvalue weighted by molar-refractivity contribution is 0.255. The van der Waals surface area contributed by atoms with Crippen molar-refractivity contribution in [3.8, 4) is 0 Å². The molecule has 1 heteroatoms. The van der Waals surface area contributed by atoms with Crippen LogP contribution in [0.2, 0.25) is 0 Å². The zero-order valence-electron chi connectivity index (χ0n) is 6.34. The van der Waals surface area contributed by atoms with Crippen molar-refractivity contribution >= 4 is 0 Å². The van der Waals surface area contributed by atoms with Crippen molar-refractivity contribution in [2.45, 2.75) is 31.7 Å². The summed E-state index contributed by atoms with van der Waals surface area (Å²) >= 11 is 0. The number of allylic oxidation sites excluding steroid dienone is 1. The summed E-state index contributed by atoms with van der Waals surface area (Å²) < 4.78 is 0. The van der Waals surface area contributed by atoms with Crippen LogP contribution in [0.5, 0.6) is 0 Å². The van der Waals surface area contributed by atoms with Crippen LogP contribution in [0.3, 0.4) is 0 Å². The van der Waals surface area contributed by atoms with Gasteiger partial charge in [0.25, 0.3) is 0 Å². The topological polar surface area (TPSA) is 12.0 Å². The van der Waals surface area contributed by atoms with Gasteiger partial charge in [0.2, 0.25) is 0 Å². The molecule has 0 spiro atoms. The molecule has 0 aromatic heterocycles. The van der Waals surface area contributed by atoms with Crippen LogP contribution >= 0.6 is 0 Å². The average molecular weight is 137 g/mol. The maximum Gasteiger partial charge on any atom is 0.0130 e. The van der Waals surface area contributed by atoms with Gasteiger partial charge in [0.1, 0.15) is 0 Å². The zero-order chi connectivity index (χ0) is 6.81. The Morgan fingerprint density at radius 2 is 2.30 bits per heavy atom. The molecule has 0 aromatic rings. The Kier molecular flexibility index (Phi) is 1.76. The first kappa shape index (κ1) is 6.41. The molecule has 0 saturated heterocycles. The van der Waals surface area contributed by atoms with Crippen LogP contribution in [0.1, 0.15) is 25.7 Å². The third-order valence-corrected chi connectivity index (χ3v) is 2.67. The molecule has 0 radical (unpaired) electrons. The summed E-state index contributed by atoms with van der Waals surface area (Å²) in [7, 11) is 0. The quantitative estimate of drug-likeness (QED) is 0.501. The Balaban J connectivity index is 1.96. The van der Waals surface area contributed by atoms with Gasteiger partial charge in [0.15, 0.2) is 0 Å². The fraction of sp³-hybridized carbons (Fsp3) is 0.778. The maximum absolute atomic E-state index is 3.57.